The first kappa shape index (κ1) is 14.3. The Morgan fingerprint density at radius 1 is 1.35 bits per heavy atom. The zero-order valence-corrected chi connectivity index (χ0v) is 12.7. The Labute approximate surface area is 133 Å². The molecular formula is C16H19N5O2. The van der Waals surface area contributed by atoms with E-state index >= 15 is 0 Å². The van der Waals surface area contributed by atoms with Crippen molar-refractivity contribution >= 4 is 5.91 Å². The number of aromatic nitrogens is 4. The van der Waals surface area contributed by atoms with E-state index in [4.69, 9.17) is 4.74 Å². The highest BCUT2D eigenvalue weighted by Crippen LogP contribution is 2.40. The summed E-state index contributed by atoms with van der Waals surface area (Å²) in [7, 11) is 0. The first-order valence-electron chi connectivity index (χ1n) is 8.03. The number of H-pyrrole nitrogens is 1. The molecule has 2 aromatic rings. The van der Waals surface area contributed by atoms with Crippen molar-refractivity contribution in [1.82, 2.24) is 25.5 Å². The molecule has 1 saturated carbocycles. The molecule has 120 valence electrons. The van der Waals surface area contributed by atoms with Crippen molar-refractivity contribution in [2.24, 2.45) is 5.92 Å². The topological polar surface area (TPSA) is 92.8 Å². The van der Waals surface area contributed by atoms with Crippen LogP contribution in [0.25, 0.3) is 0 Å². The first-order valence-corrected chi connectivity index (χ1v) is 8.03. The fraction of sp³-hybridized carbons (Fsp3) is 0.500. The van der Waals surface area contributed by atoms with Gasteiger partial charge in [-0.15, -0.1) is 0 Å². The Hall–Kier alpha value is -2.28. The Bertz CT molecular complexity index is 684. The molecule has 1 saturated heterocycles. The molecule has 0 aromatic carbocycles. The molecule has 0 radical (unpaired) electrons. The van der Waals surface area contributed by atoms with Crippen LogP contribution in [0.1, 0.15) is 53.2 Å². The number of carbonyl (C=O) groups excluding carboxylic acids is 1. The van der Waals surface area contributed by atoms with Gasteiger partial charge in [-0.2, -0.15) is 5.10 Å². The fourth-order valence-corrected chi connectivity index (χ4v) is 3.11. The molecule has 0 spiro atoms. The summed E-state index contributed by atoms with van der Waals surface area (Å²) in [4.78, 5) is 21.1. The van der Waals surface area contributed by atoms with Crippen LogP contribution in [0.3, 0.4) is 0 Å². The van der Waals surface area contributed by atoms with Crippen LogP contribution in [-0.4, -0.2) is 39.2 Å². The molecule has 2 aromatic heterocycles. The van der Waals surface area contributed by atoms with Gasteiger partial charge in [0.05, 0.1) is 11.3 Å². The molecule has 2 fully saturated rings. The number of ether oxygens (including phenoxy) is 1. The average molecular weight is 313 g/mol. The quantitative estimate of drug-likeness (QED) is 0.874. The predicted octanol–water partition coefficient (Wildman–Crippen LogP) is 1.58. The van der Waals surface area contributed by atoms with Gasteiger partial charge >= 0.3 is 0 Å². The minimum atomic E-state index is -0.130. The van der Waals surface area contributed by atoms with Crippen LogP contribution in [0.5, 0.6) is 0 Å². The van der Waals surface area contributed by atoms with E-state index in [-0.39, 0.29) is 17.9 Å². The van der Waals surface area contributed by atoms with Gasteiger partial charge in [0.25, 0.3) is 5.91 Å². The lowest BCUT2D eigenvalue weighted by Gasteiger charge is -2.17. The van der Waals surface area contributed by atoms with E-state index in [0.29, 0.717) is 24.6 Å². The van der Waals surface area contributed by atoms with Crippen molar-refractivity contribution in [2.45, 2.75) is 31.3 Å². The number of carbonyl (C=O) groups is 1. The molecule has 3 heterocycles. The van der Waals surface area contributed by atoms with Gasteiger partial charge in [0, 0.05) is 31.2 Å². The van der Waals surface area contributed by atoms with Crippen LogP contribution < -0.4 is 5.32 Å². The van der Waals surface area contributed by atoms with Gasteiger partial charge in [-0.1, -0.05) is 0 Å². The summed E-state index contributed by atoms with van der Waals surface area (Å²) < 4.78 is 5.72. The SMILES string of the molecule is O=C(NC[C@@H]1CCO[C@@H]1c1ncn[nH]1)c1cccnc1C1CC1. The molecule has 1 aliphatic heterocycles. The number of pyridine rings is 1. The van der Waals surface area contributed by atoms with Gasteiger partial charge in [-0.25, -0.2) is 4.98 Å². The maximum absolute atomic E-state index is 12.5. The van der Waals surface area contributed by atoms with E-state index in [0.717, 1.165) is 30.8 Å². The van der Waals surface area contributed by atoms with Crippen LogP contribution in [0.2, 0.25) is 0 Å². The third kappa shape index (κ3) is 2.96. The van der Waals surface area contributed by atoms with Crippen LogP contribution in [-0.2, 0) is 4.74 Å². The molecule has 7 heteroatoms. The van der Waals surface area contributed by atoms with Crippen molar-refractivity contribution in [3.05, 3.63) is 41.7 Å². The van der Waals surface area contributed by atoms with E-state index in [1.807, 2.05) is 12.1 Å². The molecule has 23 heavy (non-hydrogen) atoms. The Kier molecular flexibility index (Phi) is 3.78. The number of amides is 1. The van der Waals surface area contributed by atoms with Crippen LogP contribution >= 0.6 is 0 Å². The van der Waals surface area contributed by atoms with E-state index < -0.39 is 0 Å². The molecule has 2 N–H and O–H groups in total. The summed E-state index contributed by atoms with van der Waals surface area (Å²) in [5, 5.41) is 9.76. The Morgan fingerprint density at radius 3 is 3.04 bits per heavy atom. The molecule has 0 bridgehead atoms. The average Bonchev–Trinajstić information content (AvgIpc) is 3.09. The standard InChI is InChI=1S/C16H19N5O2/c22-16(12-2-1-6-17-13(12)10-3-4-10)18-8-11-5-7-23-14(11)15-19-9-20-21-15/h1-2,6,9-11,14H,3-5,7-8H2,(H,18,22)(H,19,20,21)/t11-,14-/m0/s1. The number of nitrogens with one attached hydrogen (secondary N) is 2. The highest BCUT2D eigenvalue weighted by atomic mass is 16.5. The maximum atomic E-state index is 12.5. The van der Waals surface area contributed by atoms with Gasteiger partial charge in [-0.3, -0.25) is 14.9 Å². The van der Waals surface area contributed by atoms with Crippen molar-refractivity contribution in [2.75, 3.05) is 13.2 Å². The van der Waals surface area contributed by atoms with Gasteiger partial charge < -0.3 is 10.1 Å². The molecule has 0 unspecified atom stereocenters. The predicted molar refractivity (Wildman–Crippen MR) is 81.7 cm³/mol. The summed E-state index contributed by atoms with van der Waals surface area (Å²) in [5.74, 6) is 1.33. The second kappa shape index (κ2) is 6.08. The summed E-state index contributed by atoms with van der Waals surface area (Å²) in [6.45, 7) is 1.23. The summed E-state index contributed by atoms with van der Waals surface area (Å²) in [6.07, 6.45) is 6.26. The highest BCUT2D eigenvalue weighted by Gasteiger charge is 2.33. The smallest absolute Gasteiger partial charge is 0.253 e. The van der Waals surface area contributed by atoms with Gasteiger partial charge in [0.15, 0.2) is 5.82 Å². The van der Waals surface area contributed by atoms with Crippen molar-refractivity contribution in [1.29, 1.82) is 0 Å². The summed E-state index contributed by atoms with van der Waals surface area (Å²) in [6, 6.07) is 3.67. The lowest BCUT2D eigenvalue weighted by Crippen LogP contribution is -2.31. The van der Waals surface area contributed by atoms with Crippen LogP contribution in [0.4, 0.5) is 0 Å². The van der Waals surface area contributed by atoms with Gasteiger partial charge in [0.1, 0.15) is 12.4 Å². The minimum absolute atomic E-state index is 0.0526. The third-order valence-corrected chi connectivity index (χ3v) is 4.49. The number of nitrogens with zero attached hydrogens (tertiary/aromatic N) is 3. The molecule has 4 rings (SSSR count). The minimum Gasteiger partial charge on any atom is -0.370 e. The normalized spacial score (nSPS) is 23.8. The molecular weight excluding hydrogens is 294 g/mol. The molecule has 7 nitrogen and oxygen atoms in total. The highest BCUT2D eigenvalue weighted by molar-refractivity contribution is 5.95. The maximum Gasteiger partial charge on any atom is 0.253 e. The van der Waals surface area contributed by atoms with E-state index in [9.17, 15) is 4.79 Å². The van der Waals surface area contributed by atoms with Crippen LogP contribution in [0.15, 0.2) is 24.7 Å². The zero-order chi connectivity index (χ0) is 15.6. The second-order valence-electron chi connectivity index (χ2n) is 6.13. The Morgan fingerprint density at radius 2 is 2.26 bits per heavy atom. The molecule has 2 atom stereocenters. The van der Waals surface area contributed by atoms with Crippen molar-refractivity contribution in [3.63, 3.8) is 0 Å². The largest absolute Gasteiger partial charge is 0.370 e. The van der Waals surface area contributed by atoms with E-state index in [1.165, 1.54) is 6.33 Å². The number of rotatable bonds is 5. The molecule has 1 amide bonds. The third-order valence-electron chi connectivity index (χ3n) is 4.49. The van der Waals surface area contributed by atoms with E-state index in [2.05, 4.69) is 25.5 Å². The number of hydrogen-bond acceptors (Lipinski definition) is 5. The lowest BCUT2D eigenvalue weighted by molar-refractivity contribution is 0.0798. The number of aromatic amines is 1. The second-order valence-corrected chi connectivity index (χ2v) is 6.13. The van der Waals surface area contributed by atoms with Crippen LogP contribution in [0, 0.1) is 5.92 Å². The first-order chi connectivity index (χ1) is 11.3. The molecule has 1 aliphatic carbocycles. The summed E-state index contributed by atoms with van der Waals surface area (Å²) >= 11 is 0. The fourth-order valence-electron chi connectivity index (χ4n) is 3.11. The van der Waals surface area contributed by atoms with Gasteiger partial charge in [0.2, 0.25) is 0 Å². The monoisotopic (exact) mass is 313 g/mol. The molecule has 2 aliphatic rings. The van der Waals surface area contributed by atoms with E-state index in [1.54, 1.807) is 6.20 Å². The van der Waals surface area contributed by atoms with Gasteiger partial charge in [-0.05, 0) is 31.4 Å². The summed E-state index contributed by atoms with van der Waals surface area (Å²) in [5.41, 5.74) is 1.63. The zero-order valence-electron chi connectivity index (χ0n) is 12.7. The Balaban J connectivity index is 1.42. The van der Waals surface area contributed by atoms with Crippen molar-refractivity contribution in [3.8, 4) is 0 Å². The van der Waals surface area contributed by atoms with Crippen molar-refractivity contribution < 1.29 is 9.53 Å². The number of hydrogen-bond donors (Lipinski definition) is 2. The lowest BCUT2D eigenvalue weighted by atomic mass is 10.0.